The molecule has 0 unspecified atom stereocenters. The number of benzene rings is 1. The minimum absolute atomic E-state index is 0.118. The molecule has 3 N–H and O–H groups in total. The Morgan fingerprint density at radius 3 is 2.72 bits per heavy atom. The lowest BCUT2D eigenvalue weighted by atomic mass is 10.1. The zero-order valence-electron chi connectivity index (χ0n) is 14.1. The van der Waals surface area contributed by atoms with E-state index in [0.29, 0.717) is 24.2 Å². The molecular weight excluding hydrogens is 322 g/mol. The number of hydrogen-bond acceptors (Lipinski definition) is 6. The first kappa shape index (κ1) is 18.0. The number of hydrogen-bond donors (Lipinski definition) is 2. The van der Waals surface area contributed by atoms with E-state index in [-0.39, 0.29) is 17.9 Å². The number of nitrogens with zero attached hydrogens (tertiary/aromatic N) is 3. The van der Waals surface area contributed by atoms with Gasteiger partial charge in [0, 0.05) is 19.3 Å². The quantitative estimate of drug-likeness (QED) is 0.746. The number of aromatic nitrogens is 2. The first-order chi connectivity index (χ1) is 11.9. The fourth-order valence-electron chi connectivity index (χ4n) is 2.45. The summed E-state index contributed by atoms with van der Waals surface area (Å²) in [5.41, 5.74) is 5.47. The number of carbonyl (C=O) groups excluding carboxylic acids is 1. The second kappa shape index (κ2) is 7.49. The molecule has 8 nitrogen and oxygen atoms in total. The SMILES string of the molecule is CCCn1c(N)c(C(=O)CNc2cccc(C#N)c2)c(=O)n(C)c1=O. The lowest BCUT2D eigenvalue weighted by Gasteiger charge is -2.14. The molecule has 130 valence electrons. The second-order valence-electron chi connectivity index (χ2n) is 5.53. The van der Waals surface area contributed by atoms with Crippen molar-refractivity contribution in [3.05, 3.63) is 56.2 Å². The Kier molecular flexibility index (Phi) is 5.39. The third kappa shape index (κ3) is 3.61. The van der Waals surface area contributed by atoms with Gasteiger partial charge < -0.3 is 11.1 Å². The van der Waals surface area contributed by atoms with Crippen LogP contribution in [0, 0.1) is 11.3 Å². The molecule has 8 heteroatoms. The van der Waals surface area contributed by atoms with Crippen molar-refractivity contribution in [1.29, 1.82) is 5.26 Å². The smallest absolute Gasteiger partial charge is 0.332 e. The normalized spacial score (nSPS) is 10.3. The Bertz CT molecular complexity index is 966. The molecule has 0 spiro atoms. The molecule has 0 saturated carbocycles. The number of nitriles is 1. The van der Waals surface area contributed by atoms with Crippen molar-refractivity contribution in [3.8, 4) is 6.07 Å². The van der Waals surface area contributed by atoms with Gasteiger partial charge in [-0.05, 0) is 24.6 Å². The molecule has 0 radical (unpaired) electrons. The monoisotopic (exact) mass is 341 g/mol. The van der Waals surface area contributed by atoms with Crippen LogP contribution in [-0.4, -0.2) is 21.5 Å². The highest BCUT2D eigenvalue weighted by molar-refractivity contribution is 6.02. The second-order valence-corrected chi connectivity index (χ2v) is 5.53. The summed E-state index contributed by atoms with van der Waals surface area (Å²) in [5.74, 6) is -0.641. The Morgan fingerprint density at radius 2 is 2.08 bits per heavy atom. The number of carbonyl (C=O) groups is 1. The third-order valence-corrected chi connectivity index (χ3v) is 3.75. The summed E-state index contributed by atoms with van der Waals surface area (Å²) in [4.78, 5) is 36.9. The minimum atomic E-state index is -0.715. The van der Waals surface area contributed by atoms with Gasteiger partial charge in [0.15, 0.2) is 5.78 Å². The van der Waals surface area contributed by atoms with Gasteiger partial charge in [-0.15, -0.1) is 0 Å². The Labute approximate surface area is 144 Å². The van der Waals surface area contributed by atoms with E-state index in [2.05, 4.69) is 5.32 Å². The highest BCUT2D eigenvalue weighted by Crippen LogP contribution is 2.11. The largest absolute Gasteiger partial charge is 0.384 e. The summed E-state index contributed by atoms with van der Waals surface area (Å²) >= 11 is 0. The number of nitrogens with two attached hydrogens (primary N) is 1. The van der Waals surface area contributed by atoms with E-state index in [0.717, 1.165) is 4.57 Å². The van der Waals surface area contributed by atoms with Crippen LogP contribution < -0.4 is 22.3 Å². The van der Waals surface area contributed by atoms with Crippen LogP contribution in [0.25, 0.3) is 0 Å². The van der Waals surface area contributed by atoms with Crippen molar-refractivity contribution in [3.63, 3.8) is 0 Å². The molecule has 1 aromatic heterocycles. The number of Topliss-reactive ketones (excluding diaryl/α,β-unsaturated/α-hetero) is 1. The van der Waals surface area contributed by atoms with Crippen LogP contribution in [0.1, 0.15) is 29.3 Å². The summed E-state index contributed by atoms with van der Waals surface area (Å²) in [5, 5.41) is 11.8. The lowest BCUT2D eigenvalue weighted by molar-refractivity contribution is 0.100. The Balaban J connectivity index is 2.34. The van der Waals surface area contributed by atoms with E-state index in [9.17, 15) is 14.4 Å². The molecule has 0 aliphatic heterocycles. The molecule has 1 aromatic carbocycles. The maximum atomic E-state index is 12.5. The zero-order valence-corrected chi connectivity index (χ0v) is 14.1. The molecule has 0 bridgehead atoms. The fourth-order valence-corrected chi connectivity index (χ4v) is 2.45. The van der Waals surface area contributed by atoms with Crippen LogP contribution in [0.2, 0.25) is 0 Å². The van der Waals surface area contributed by atoms with Gasteiger partial charge in [0.2, 0.25) is 0 Å². The summed E-state index contributed by atoms with van der Waals surface area (Å²) in [6.07, 6.45) is 0.634. The number of anilines is 2. The van der Waals surface area contributed by atoms with Gasteiger partial charge in [-0.2, -0.15) is 5.26 Å². The molecule has 0 aliphatic rings. The molecule has 25 heavy (non-hydrogen) atoms. The standard InChI is InChI=1S/C17H19N5O3/c1-3-7-22-15(19)14(16(24)21(2)17(22)25)13(23)10-20-12-6-4-5-11(8-12)9-18/h4-6,8,20H,3,7,10,19H2,1-2H3. The summed E-state index contributed by atoms with van der Waals surface area (Å²) in [6.45, 7) is 2.00. The first-order valence-corrected chi connectivity index (χ1v) is 7.77. The van der Waals surface area contributed by atoms with Crippen molar-refractivity contribution in [2.75, 3.05) is 17.6 Å². The number of rotatable bonds is 6. The highest BCUT2D eigenvalue weighted by atomic mass is 16.2. The number of ketones is 1. The van der Waals surface area contributed by atoms with Gasteiger partial charge in [-0.1, -0.05) is 13.0 Å². The maximum Gasteiger partial charge on any atom is 0.332 e. The van der Waals surface area contributed by atoms with Crippen LogP contribution in [-0.2, 0) is 13.6 Å². The van der Waals surface area contributed by atoms with Crippen molar-refractivity contribution < 1.29 is 4.79 Å². The number of nitrogen functional groups attached to an aromatic ring is 1. The van der Waals surface area contributed by atoms with Crippen molar-refractivity contribution >= 4 is 17.3 Å². The van der Waals surface area contributed by atoms with Gasteiger partial charge in [0.05, 0.1) is 18.2 Å². The van der Waals surface area contributed by atoms with E-state index in [4.69, 9.17) is 11.0 Å². The molecule has 0 atom stereocenters. The minimum Gasteiger partial charge on any atom is -0.384 e. The molecule has 0 aliphatic carbocycles. The van der Waals surface area contributed by atoms with E-state index in [1.54, 1.807) is 24.3 Å². The van der Waals surface area contributed by atoms with Gasteiger partial charge in [-0.3, -0.25) is 18.7 Å². The van der Waals surface area contributed by atoms with Crippen LogP contribution in [0.5, 0.6) is 0 Å². The van der Waals surface area contributed by atoms with E-state index < -0.39 is 17.0 Å². The van der Waals surface area contributed by atoms with E-state index in [1.165, 1.54) is 11.6 Å². The average molecular weight is 341 g/mol. The molecule has 2 aromatic rings. The Hall–Kier alpha value is -3.34. The van der Waals surface area contributed by atoms with Crippen molar-refractivity contribution in [2.45, 2.75) is 19.9 Å². The van der Waals surface area contributed by atoms with Crippen molar-refractivity contribution in [1.82, 2.24) is 9.13 Å². The van der Waals surface area contributed by atoms with Crippen LogP contribution in [0.3, 0.4) is 0 Å². The maximum absolute atomic E-state index is 12.5. The fraction of sp³-hybridized carbons (Fsp3) is 0.294. The summed E-state index contributed by atoms with van der Waals surface area (Å²) in [7, 11) is 1.32. The average Bonchev–Trinajstić information content (AvgIpc) is 2.62. The van der Waals surface area contributed by atoms with E-state index in [1.807, 2.05) is 13.0 Å². The van der Waals surface area contributed by atoms with Gasteiger partial charge in [0.1, 0.15) is 11.4 Å². The predicted octanol–water partition coefficient (Wildman–Crippen LogP) is 0.706. The molecular formula is C17H19N5O3. The van der Waals surface area contributed by atoms with Gasteiger partial charge >= 0.3 is 5.69 Å². The lowest BCUT2D eigenvalue weighted by Crippen LogP contribution is -2.43. The highest BCUT2D eigenvalue weighted by Gasteiger charge is 2.20. The molecule has 0 saturated heterocycles. The topological polar surface area (TPSA) is 123 Å². The van der Waals surface area contributed by atoms with E-state index >= 15 is 0 Å². The van der Waals surface area contributed by atoms with Crippen LogP contribution in [0.4, 0.5) is 11.5 Å². The zero-order chi connectivity index (χ0) is 18.6. The summed E-state index contributed by atoms with van der Waals surface area (Å²) in [6, 6.07) is 8.62. The van der Waals surface area contributed by atoms with Gasteiger partial charge in [0.25, 0.3) is 5.56 Å². The van der Waals surface area contributed by atoms with Gasteiger partial charge in [-0.25, -0.2) is 4.79 Å². The Morgan fingerprint density at radius 1 is 1.36 bits per heavy atom. The van der Waals surface area contributed by atoms with Crippen molar-refractivity contribution in [2.24, 2.45) is 7.05 Å². The van der Waals surface area contributed by atoms with Crippen LogP contribution >= 0.6 is 0 Å². The molecule has 0 amide bonds. The molecule has 0 fully saturated rings. The predicted molar refractivity (Wildman–Crippen MR) is 94.6 cm³/mol. The first-order valence-electron chi connectivity index (χ1n) is 7.77. The molecule has 1 heterocycles. The summed E-state index contributed by atoms with van der Waals surface area (Å²) < 4.78 is 2.11. The van der Waals surface area contributed by atoms with Crippen LogP contribution in [0.15, 0.2) is 33.9 Å². The third-order valence-electron chi connectivity index (χ3n) is 3.75. The molecule has 2 rings (SSSR count). The number of nitrogens with one attached hydrogen (secondary N) is 1.